The van der Waals surface area contributed by atoms with E-state index >= 15 is 0 Å². The summed E-state index contributed by atoms with van der Waals surface area (Å²) in [5, 5.41) is 3.53. The highest BCUT2D eigenvalue weighted by Gasteiger charge is 2.23. The molecule has 1 atom stereocenters. The molecule has 0 radical (unpaired) electrons. The second-order valence-electron chi connectivity index (χ2n) is 5.20. The number of hydrogen-bond donors (Lipinski definition) is 1. The van der Waals surface area contributed by atoms with E-state index in [0.717, 1.165) is 30.4 Å². The van der Waals surface area contributed by atoms with Gasteiger partial charge in [-0.15, -0.1) is 0 Å². The van der Waals surface area contributed by atoms with Crippen molar-refractivity contribution in [1.82, 2.24) is 15.2 Å². The molecule has 0 amide bonds. The highest BCUT2D eigenvalue weighted by Crippen LogP contribution is 2.13. The maximum absolute atomic E-state index is 5.56. The Morgan fingerprint density at radius 1 is 1.47 bits per heavy atom. The number of likely N-dealkylation sites (tertiary alicyclic amines) is 1. The van der Waals surface area contributed by atoms with Crippen molar-refractivity contribution in [2.24, 2.45) is 0 Å². The lowest BCUT2D eigenvalue weighted by Gasteiger charge is -2.20. The highest BCUT2D eigenvalue weighted by atomic mass is 16.4. The molecule has 4 heteroatoms. The lowest BCUT2D eigenvalue weighted by atomic mass is 10.2. The van der Waals surface area contributed by atoms with Crippen LogP contribution in [0.2, 0.25) is 0 Å². The third-order valence-corrected chi connectivity index (χ3v) is 3.56. The van der Waals surface area contributed by atoms with Crippen LogP contribution in [0, 0.1) is 13.8 Å². The van der Waals surface area contributed by atoms with E-state index in [1.54, 1.807) is 0 Å². The summed E-state index contributed by atoms with van der Waals surface area (Å²) in [6, 6.07) is 1.22. The topological polar surface area (TPSA) is 41.3 Å². The van der Waals surface area contributed by atoms with Crippen molar-refractivity contribution in [1.29, 1.82) is 0 Å². The Hall–Kier alpha value is -0.870. The first-order valence-electron chi connectivity index (χ1n) is 6.46. The summed E-state index contributed by atoms with van der Waals surface area (Å²) in [6.45, 7) is 11.5. The summed E-state index contributed by atoms with van der Waals surface area (Å²) in [7, 11) is 0. The molecule has 1 aliphatic rings. The first kappa shape index (κ1) is 12.6. The van der Waals surface area contributed by atoms with Crippen molar-refractivity contribution < 1.29 is 4.42 Å². The van der Waals surface area contributed by atoms with Gasteiger partial charge < -0.3 is 9.73 Å². The zero-order valence-electron chi connectivity index (χ0n) is 11.3. The van der Waals surface area contributed by atoms with Crippen LogP contribution in [0.5, 0.6) is 0 Å². The van der Waals surface area contributed by atoms with Crippen LogP contribution in [0.15, 0.2) is 4.42 Å². The Morgan fingerprint density at radius 2 is 2.24 bits per heavy atom. The molecule has 0 aliphatic carbocycles. The number of aromatic nitrogens is 1. The fraction of sp³-hybridized carbons (Fsp3) is 0.769. The lowest BCUT2D eigenvalue weighted by Crippen LogP contribution is -2.34. The van der Waals surface area contributed by atoms with Crippen molar-refractivity contribution in [2.75, 3.05) is 13.1 Å². The number of hydrogen-bond acceptors (Lipinski definition) is 4. The third-order valence-electron chi connectivity index (χ3n) is 3.56. The van der Waals surface area contributed by atoms with Crippen LogP contribution in [-0.2, 0) is 6.54 Å². The van der Waals surface area contributed by atoms with Crippen LogP contribution in [0.3, 0.4) is 0 Å². The molecule has 0 saturated carbocycles. The summed E-state index contributed by atoms with van der Waals surface area (Å²) in [6.07, 6.45) is 1.22. The lowest BCUT2D eigenvalue weighted by molar-refractivity contribution is 0.267. The van der Waals surface area contributed by atoms with E-state index in [9.17, 15) is 0 Å². The molecule has 1 aromatic rings. The van der Waals surface area contributed by atoms with Crippen LogP contribution in [0.1, 0.15) is 37.6 Å². The normalized spacial score (nSPS) is 21.6. The van der Waals surface area contributed by atoms with Crippen molar-refractivity contribution in [3.63, 3.8) is 0 Å². The van der Waals surface area contributed by atoms with Gasteiger partial charge in [-0.25, -0.2) is 4.98 Å². The zero-order chi connectivity index (χ0) is 12.4. The second kappa shape index (κ2) is 5.19. The van der Waals surface area contributed by atoms with Crippen LogP contribution in [-0.4, -0.2) is 35.1 Å². The minimum atomic E-state index is 0.574. The van der Waals surface area contributed by atoms with Crippen molar-refractivity contribution in [3.8, 4) is 0 Å². The third kappa shape index (κ3) is 3.07. The van der Waals surface area contributed by atoms with E-state index in [1.165, 1.54) is 13.0 Å². The number of aryl methyl sites for hydroxylation is 2. The summed E-state index contributed by atoms with van der Waals surface area (Å²) in [5.41, 5.74) is 0.997. The molecule has 1 saturated heterocycles. The van der Waals surface area contributed by atoms with E-state index in [-0.39, 0.29) is 0 Å². The molecule has 0 spiro atoms. The molecular formula is C13H23N3O. The van der Waals surface area contributed by atoms with Gasteiger partial charge in [0.1, 0.15) is 5.76 Å². The summed E-state index contributed by atoms with van der Waals surface area (Å²) >= 11 is 0. The van der Waals surface area contributed by atoms with E-state index in [1.807, 2.05) is 13.8 Å². The second-order valence-corrected chi connectivity index (χ2v) is 5.20. The zero-order valence-corrected chi connectivity index (χ0v) is 11.3. The first-order valence-corrected chi connectivity index (χ1v) is 6.46. The molecule has 0 aromatic carbocycles. The summed E-state index contributed by atoms with van der Waals surface area (Å²) < 4.78 is 5.56. The van der Waals surface area contributed by atoms with Gasteiger partial charge in [-0.3, -0.25) is 4.90 Å². The quantitative estimate of drug-likeness (QED) is 0.868. The Morgan fingerprint density at radius 3 is 2.76 bits per heavy atom. The van der Waals surface area contributed by atoms with E-state index in [0.29, 0.717) is 12.1 Å². The molecule has 96 valence electrons. The average molecular weight is 237 g/mol. The Bertz CT molecular complexity index is 353. The molecule has 0 bridgehead atoms. The van der Waals surface area contributed by atoms with Gasteiger partial charge in [0.15, 0.2) is 0 Å². The Balaban J connectivity index is 1.80. The largest absolute Gasteiger partial charge is 0.444 e. The van der Waals surface area contributed by atoms with Crippen molar-refractivity contribution in [2.45, 2.75) is 52.7 Å². The summed E-state index contributed by atoms with van der Waals surface area (Å²) in [4.78, 5) is 6.89. The predicted molar refractivity (Wildman–Crippen MR) is 67.9 cm³/mol. The van der Waals surface area contributed by atoms with Crippen molar-refractivity contribution >= 4 is 0 Å². The molecule has 17 heavy (non-hydrogen) atoms. The number of nitrogens with one attached hydrogen (secondary N) is 1. The predicted octanol–water partition coefficient (Wildman–Crippen LogP) is 1.86. The minimum absolute atomic E-state index is 0.574. The van der Waals surface area contributed by atoms with E-state index in [4.69, 9.17) is 4.42 Å². The number of oxazole rings is 1. The molecule has 1 N–H and O–H groups in total. The maximum atomic E-state index is 5.56. The van der Waals surface area contributed by atoms with Gasteiger partial charge in [0.25, 0.3) is 0 Å². The fourth-order valence-electron chi connectivity index (χ4n) is 2.27. The van der Waals surface area contributed by atoms with Gasteiger partial charge in [0, 0.05) is 18.6 Å². The van der Waals surface area contributed by atoms with Crippen molar-refractivity contribution in [3.05, 3.63) is 17.3 Å². The van der Waals surface area contributed by atoms with Gasteiger partial charge in [0.2, 0.25) is 5.89 Å². The van der Waals surface area contributed by atoms with Crippen LogP contribution < -0.4 is 5.32 Å². The molecule has 1 aliphatic heterocycles. The highest BCUT2D eigenvalue weighted by molar-refractivity contribution is 5.05. The first-order chi connectivity index (χ1) is 8.06. The number of nitrogens with zero attached hydrogens (tertiary/aromatic N) is 2. The van der Waals surface area contributed by atoms with E-state index < -0.39 is 0 Å². The van der Waals surface area contributed by atoms with Gasteiger partial charge in [-0.2, -0.15) is 0 Å². The van der Waals surface area contributed by atoms with Crippen LogP contribution in [0.25, 0.3) is 0 Å². The standard InChI is InChI=1S/C13H23N3O/c1-9(2)16-6-5-12(8-16)14-7-13-15-10(3)11(4)17-13/h9,12,14H,5-8H2,1-4H3. The van der Waals surface area contributed by atoms with Gasteiger partial charge in [-0.05, 0) is 40.7 Å². The fourth-order valence-corrected chi connectivity index (χ4v) is 2.27. The SMILES string of the molecule is Cc1nc(CNC2CCN(C(C)C)C2)oc1C. The van der Waals surface area contributed by atoms with Crippen LogP contribution >= 0.6 is 0 Å². The monoisotopic (exact) mass is 237 g/mol. The van der Waals surface area contributed by atoms with Gasteiger partial charge in [-0.1, -0.05) is 0 Å². The van der Waals surface area contributed by atoms with Gasteiger partial charge >= 0.3 is 0 Å². The number of rotatable bonds is 4. The molecule has 1 aromatic heterocycles. The molecule has 1 fully saturated rings. The molecule has 2 heterocycles. The van der Waals surface area contributed by atoms with Gasteiger partial charge in [0.05, 0.1) is 12.2 Å². The summed E-state index contributed by atoms with van der Waals surface area (Å²) in [5.74, 6) is 1.74. The minimum Gasteiger partial charge on any atom is -0.444 e. The maximum Gasteiger partial charge on any atom is 0.208 e. The van der Waals surface area contributed by atoms with Crippen LogP contribution in [0.4, 0.5) is 0 Å². The van der Waals surface area contributed by atoms with E-state index in [2.05, 4.69) is 29.0 Å². The Labute approximate surface area is 103 Å². The average Bonchev–Trinajstić information content (AvgIpc) is 2.84. The smallest absolute Gasteiger partial charge is 0.208 e. The molecular weight excluding hydrogens is 214 g/mol. The molecule has 2 rings (SSSR count). The Kier molecular flexibility index (Phi) is 3.84. The molecule has 1 unspecified atom stereocenters. The molecule has 4 nitrogen and oxygen atoms in total.